The minimum atomic E-state index is -0.980. The number of aromatic nitrogens is 3. The molecule has 6 bridgehead atoms. The molecule has 15 nitrogen and oxygen atoms in total. The Morgan fingerprint density at radius 3 is 2.55 bits per heavy atom. The smallest absolute Gasteiger partial charge is 0.324 e. The molecule has 1 aromatic carbocycles. The Balaban J connectivity index is 1.08. The van der Waals surface area contributed by atoms with Crippen molar-refractivity contribution in [1.82, 2.24) is 45.0 Å². The van der Waals surface area contributed by atoms with Crippen LogP contribution in [0.25, 0.3) is 33.4 Å². The van der Waals surface area contributed by atoms with Crippen LogP contribution < -0.4 is 10.7 Å². The number of hydrogen-bond acceptors (Lipinski definition) is 13. The van der Waals surface area contributed by atoms with E-state index in [0.717, 1.165) is 70.3 Å². The molecule has 67 heavy (non-hydrogen) atoms. The lowest BCUT2D eigenvalue weighted by atomic mass is 9.84. The molecule has 3 aromatic heterocycles. The summed E-state index contributed by atoms with van der Waals surface area (Å²) < 4.78 is 21.3. The highest BCUT2D eigenvalue weighted by Gasteiger charge is 2.53. The van der Waals surface area contributed by atoms with E-state index in [2.05, 4.69) is 101 Å². The third kappa shape index (κ3) is 8.31. The number of fused-ring (bicyclic) bond motifs is 6. The summed E-state index contributed by atoms with van der Waals surface area (Å²) in [6, 6.07) is 9.59. The zero-order valence-corrected chi connectivity index (χ0v) is 40.9. The number of nitrogens with one attached hydrogen (secondary N) is 2. The third-order valence-electron chi connectivity index (χ3n) is 16.1. The molecule has 358 valence electrons. The number of carbonyl (C=O) groups excluding carboxylic acids is 3. The van der Waals surface area contributed by atoms with Gasteiger partial charge < -0.3 is 29.0 Å². The Kier molecular flexibility index (Phi) is 11.7. The van der Waals surface area contributed by atoms with E-state index in [0.29, 0.717) is 51.5 Å². The number of ether oxygens (including phenoxy) is 3. The number of benzene rings is 1. The Hall–Kier alpha value is -4.29. The van der Waals surface area contributed by atoms with Crippen LogP contribution in [-0.2, 0) is 35.0 Å². The minimum Gasteiger partial charge on any atom is -0.464 e. The summed E-state index contributed by atoms with van der Waals surface area (Å²) in [5.74, 6) is -0.530. The Labute approximate surface area is 397 Å². The number of rotatable bonds is 8. The summed E-state index contributed by atoms with van der Waals surface area (Å²) in [5.41, 5.74) is 9.63. The van der Waals surface area contributed by atoms with Crippen molar-refractivity contribution in [3.63, 3.8) is 0 Å². The number of hydrazine groups is 1. The van der Waals surface area contributed by atoms with Crippen molar-refractivity contribution in [2.24, 2.45) is 23.2 Å². The molecule has 2 saturated carbocycles. The van der Waals surface area contributed by atoms with Crippen LogP contribution in [0.15, 0.2) is 41.9 Å². The topological polar surface area (TPSA) is 147 Å². The SMILES string of the molecule is CO[C@@H](C)c1ncccc1-c1c2c3cc(ccc3n1C1CN(C3CC3)C1)-c1csc(n1)[C@@H](N1CCOC3(CN(C)C3)C1)[C@H](NC(=O)C1[C@@H](C)[C@H]1C)C(=O)N1CCC[C@H](N1)C(=O)OCC(C)(C)C2. The van der Waals surface area contributed by atoms with Crippen molar-refractivity contribution in [3.8, 4) is 22.5 Å². The van der Waals surface area contributed by atoms with Crippen molar-refractivity contribution in [2.45, 2.75) is 109 Å². The first kappa shape index (κ1) is 45.2. The van der Waals surface area contributed by atoms with Crippen molar-refractivity contribution >= 4 is 40.0 Å². The van der Waals surface area contributed by atoms with Gasteiger partial charge in [0.2, 0.25) is 5.91 Å². The molecule has 0 radical (unpaired) electrons. The molecule has 1 spiro atoms. The maximum absolute atomic E-state index is 15.3. The molecular formula is C51H67N9O6S. The Morgan fingerprint density at radius 2 is 1.82 bits per heavy atom. The number of esters is 1. The Morgan fingerprint density at radius 1 is 1.03 bits per heavy atom. The van der Waals surface area contributed by atoms with Gasteiger partial charge in [-0.25, -0.2) is 10.4 Å². The fraction of sp³-hybridized carbons (Fsp3) is 0.627. The molecule has 1 unspecified atom stereocenters. The molecule has 2 N–H and O–H groups in total. The van der Waals surface area contributed by atoms with Crippen LogP contribution in [0.5, 0.6) is 0 Å². The number of cyclic esters (lactones) is 1. The highest BCUT2D eigenvalue weighted by atomic mass is 32.1. The molecule has 7 aliphatic rings. The third-order valence-corrected chi connectivity index (χ3v) is 17.0. The van der Waals surface area contributed by atoms with E-state index in [4.69, 9.17) is 24.2 Å². The molecule has 8 heterocycles. The first-order valence-electron chi connectivity index (χ1n) is 24.7. The number of hydrogen-bond donors (Lipinski definition) is 2. The summed E-state index contributed by atoms with van der Waals surface area (Å²) in [4.78, 5) is 61.4. The second kappa shape index (κ2) is 17.3. The van der Waals surface area contributed by atoms with Crippen molar-refractivity contribution in [2.75, 3.05) is 73.2 Å². The first-order chi connectivity index (χ1) is 32.2. The highest BCUT2D eigenvalue weighted by Crippen LogP contribution is 2.48. The van der Waals surface area contributed by atoms with E-state index in [1.807, 2.05) is 12.3 Å². The van der Waals surface area contributed by atoms with Crippen LogP contribution in [0.1, 0.15) is 94.8 Å². The number of methoxy groups -OCH3 is 1. The van der Waals surface area contributed by atoms with Gasteiger partial charge in [-0.3, -0.25) is 34.2 Å². The van der Waals surface area contributed by atoms with Gasteiger partial charge in [-0.2, -0.15) is 0 Å². The predicted molar refractivity (Wildman–Crippen MR) is 256 cm³/mol. The maximum atomic E-state index is 15.3. The summed E-state index contributed by atoms with van der Waals surface area (Å²) >= 11 is 1.54. The van der Waals surface area contributed by atoms with Gasteiger partial charge >= 0.3 is 5.97 Å². The molecule has 16 heteroatoms. The fourth-order valence-corrected chi connectivity index (χ4v) is 13.0. The first-order valence-corrected chi connectivity index (χ1v) is 25.6. The van der Waals surface area contributed by atoms with Gasteiger partial charge in [0.05, 0.1) is 48.5 Å². The second-order valence-electron chi connectivity index (χ2n) is 21.8. The fourth-order valence-electron chi connectivity index (χ4n) is 12.0. The van der Waals surface area contributed by atoms with E-state index in [9.17, 15) is 9.59 Å². The van der Waals surface area contributed by atoms with Crippen LogP contribution in [0.4, 0.5) is 0 Å². The summed E-state index contributed by atoms with van der Waals surface area (Å²) in [6.45, 7) is 16.3. The van der Waals surface area contributed by atoms with Gasteiger partial charge in [0, 0.05) is 104 Å². The standard InChI is InChI=1S/C51H67N9O6S/c1-29-30(2)41(29)46(61)54-43-45(57-18-19-66-51(27-57)25-56(6)26-51)47-53-39(24-67-47)32-12-15-40-36(20-32)37(21-50(4,5)28-65-49(63)38-11-9-17-59(55-38)48(43)62)44(35-10-8-16-52-42(35)31(3)64-7)60(40)34-22-58(23-34)33-13-14-33/h8,10,12,15-16,20,24,29-31,33-34,38,41,43,45,55H,9,11,13-14,17-19,21-23,25-28H2,1-7H3,(H,54,61)/t29-,30+,31-,38-,41?,43-,45-/m0/s1. The quantitative estimate of drug-likeness (QED) is 0.212. The van der Waals surface area contributed by atoms with Gasteiger partial charge in [-0.15, -0.1) is 11.3 Å². The molecule has 5 aliphatic heterocycles. The number of amides is 2. The molecule has 11 rings (SSSR count). The van der Waals surface area contributed by atoms with Gasteiger partial charge in [0.1, 0.15) is 22.7 Å². The molecule has 7 atom stereocenters. The van der Waals surface area contributed by atoms with Crippen LogP contribution in [0.2, 0.25) is 0 Å². The molecule has 4 saturated heterocycles. The number of thiazole rings is 1. The molecule has 6 fully saturated rings. The lowest BCUT2D eigenvalue weighted by Crippen LogP contribution is -2.70. The normalized spacial score (nSPS) is 29.8. The largest absolute Gasteiger partial charge is 0.464 e. The van der Waals surface area contributed by atoms with E-state index in [1.165, 1.54) is 29.7 Å². The average molecular weight is 934 g/mol. The molecule has 2 amide bonds. The van der Waals surface area contributed by atoms with E-state index in [1.54, 1.807) is 12.1 Å². The lowest BCUT2D eigenvalue weighted by Gasteiger charge is -2.54. The van der Waals surface area contributed by atoms with Crippen LogP contribution in [0, 0.1) is 23.2 Å². The molecular weight excluding hydrogens is 867 g/mol. The van der Waals surface area contributed by atoms with Crippen molar-refractivity contribution < 1.29 is 28.6 Å². The van der Waals surface area contributed by atoms with E-state index in [-0.39, 0.29) is 59.9 Å². The average Bonchev–Trinajstić information content (AvgIpc) is 4.15. The highest BCUT2D eigenvalue weighted by molar-refractivity contribution is 7.10. The monoisotopic (exact) mass is 933 g/mol. The Bertz CT molecular complexity index is 2550. The summed E-state index contributed by atoms with van der Waals surface area (Å²) in [5, 5.41) is 8.88. The summed E-state index contributed by atoms with van der Waals surface area (Å²) in [6.07, 6.45) is 5.89. The van der Waals surface area contributed by atoms with E-state index >= 15 is 4.79 Å². The zero-order chi connectivity index (χ0) is 46.5. The maximum Gasteiger partial charge on any atom is 0.324 e. The number of likely N-dealkylation sites (N-methyl/N-ethyl adjacent to an activating group) is 1. The lowest BCUT2D eigenvalue weighted by molar-refractivity contribution is -0.187. The van der Waals surface area contributed by atoms with Crippen molar-refractivity contribution in [3.05, 3.63) is 58.2 Å². The zero-order valence-electron chi connectivity index (χ0n) is 40.1. The van der Waals surface area contributed by atoms with Gasteiger partial charge in [0.25, 0.3) is 5.91 Å². The predicted octanol–water partition coefficient (Wildman–Crippen LogP) is 5.62. The second-order valence-corrected chi connectivity index (χ2v) is 22.7. The number of morpholine rings is 1. The molecule has 4 aromatic rings. The summed E-state index contributed by atoms with van der Waals surface area (Å²) in [7, 11) is 3.83. The van der Waals surface area contributed by atoms with E-state index < -0.39 is 23.5 Å². The van der Waals surface area contributed by atoms with Crippen molar-refractivity contribution in [1.29, 1.82) is 0 Å². The van der Waals surface area contributed by atoms with Gasteiger partial charge in [-0.05, 0) is 87.7 Å². The van der Waals surface area contributed by atoms with Gasteiger partial charge in [-0.1, -0.05) is 33.8 Å². The number of carbonyl (C=O) groups is 3. The van der Waals surface area contributed by atoms with Crippen LogP contribution >= 0.6 is 11.3 Å². The number of nitrogens with zero attached hydrogens (tertiary/aromatic N) is 7. The van der Waals surface area contributed by atoms with Gasteiger partial charge in [0.15, 0.2) is 0 Å². The minimum absolute atomic E-state index is 0.120. The number of likely N-dealkylation sites (tertiary alicyclic amines) is 2. The van der Waals surface area contributed by atoms with Crippen LogP contribution in [-0.4, -0.2) is 149 Å². The number of pyridine rings is 1. The van der Waals surface area contributed by atoms with Crippen LogP contribution in [0.3, 0.4) is 0 Å². The molecule has 2 aliphatic carbocycles.